The number of nitro benzene ring substituents is 1. The second-order valence-electron chi connectivity index (χ2n) is 4.93. The highest BCUT2D eigenvalue weighted by Crippen LogP contribution is 2.23. The molecule has 2 rings (SSSR count). The number of nitrogens with two attached hydrogens (primary N) is 1. The Morgan fingerprint density at radius 2 is 2.00 bits per heavy atom. The van der Waals surface area contributed by atoms with Gasteiger partial charge in [0, 0.05) is 25.2 Å². The Kier molecular flexibility index (Phi) is 4.76. The number of nitrogens with one attached hydrogen (secondary N) is 1. The summed E-state index contributed by atoms with van der Waals surface area (Å²) in [5.74, 6) is 0. The average molecular weight is 314 g/mol. The van der Waals surface area contributed by atoms with Crippen molar-refractivity contribution in [2.75, 3.05) is 31.9 Å². The standard InChI is InChI=1S/C12H18N4O4S/c13-11-4-3-10(16(17)18)9-12(11)21(19,20)14-5-8-15-6-1-2-7-15/h3-4,9,14H,1-2,5-8,13H2. The van der Waals surface area contributed by atoms with Gasteiger partial charge in [-0.15, -0.1) is 0 Å². The minimum Gasteiger partial charge on any atom is -0.398 e. The molecule has 1 aliphatic heterocycles. The first kappa shape index (κ1) is 15.7. The number of nitrogens with zero attached hydrogens (tertiary/aromatic N) is 2. The van der Waals surface area contributed by atoms with Crippen molar-refractivity contribution in [1.82, 2.24) is 9.62 Å². The van der Waals surface area contributed by atoms with E-state index in [-0.39, 0.29) is 22.8 Å². The van der Waals surface area contributed by atoms with Crippen LogP contribution in [0.4, 0.5) is 11.4 Å². The highest BCUT2D eigenvalue weighted by atomic mass is 32.2. The Labute approximate surface area is 123 Å². The molecule has 3 N–H and O–H groups in total. The Bertz CT molecular complexity index is 626. The fourth-order valence-corrected chi connectivity index (χ4v) is 3.46. The Morgan fingerprint density at radius 1 is 1.33 bits per heavy atom. The molecule has 1 aromatic rings. The number of non-ortho nitro benzene ring substituents is 1. The van der Waals surface area contributed by atoms with Crippen LogP contribution in [0.1, 0.15) is 12.8 Å². The first-order chi connectivity index (χ1) is 9.90. The molecule has 116 valence electrons. The molecule has 0 bridgehead atoms. The second-order valence-corrected chi connectivity index (χ2v) is 6.66. The SMILES string of the molecule is Nc1ccc([N+](=O)[O-])cc1S(=O)(=O)NCCN1CCCC1. The third-order valence-corrected chi connectivity index (χ3v) is 4.93. The number of sulfonamides is 1. The zero-order valence-electron chi connectivity index (χ0n) is 11.5. The smallest absolute Gasteiger partial charge is 0.270 e. The van der Waals surface area contributed by atoms with E-state index in [1.807, 2.05) is 0 Å². The zero-order valence-corrected chi connectivity index (χ0v) is 12.3. The number of rotatable bonds is 6. The second kappa shape index (κ2) is 6.37. The molecule has 21 heavy (non-hydrogen) atoms. The molecular formula is C12H18N4O4S. The van der Waals surface area contributed by atoms with Crippen molar-refractivity contribution in [1.29, 1.82) is 0 Å². The Morgan fingerprint density at radius 3 is 2.62 bits per heavy atom. The summed E-state index contributed by atoms with van der Waals surface area (Å²) < 4.78 is 26.8. The van der Waals surface area contributed by atoms with E-state index < -0.39 is 14.9 Å². The van der Waals surface area contributed by atoms with Crippen LogP contribution in [0.3, 0.4) is 0 Å². The van der Waals surface area contributed by atoms with Crippen LogP contribution in [-0.4, -0.2) is 44.4 Å². The Balaban J connectivity index is 2.07. The highest BCUT2D eigenvalue weighted by molar-refractivity contribution is 7.89. The molecular weight excluding hydrogens is 296 g/mol. The van der Waals surface area contributed by atoms with Gasteiger partial charge in [-0.25, -0.2) is 13.1 Å². The molecule has 1 aromatic carbocycles. The molecule has 1 aliphatic rings. The number of anilines is 1. The first-order valence-electron chi connectivity index (χ1n) is 6.66. The maximum atomic E-state index is 12.2. The highest BCUT2D eigenvalue weighted by Gasteiger charge is 2.21. The van der Waals surface area contributed by atoms with Crippen molar-refractivity contribution in [2.45, 2.75) is 17.7 Å². The number of likely N-dealkylation sites (tertiary alicyclic amines) is 1. The lowest BCUT2D eigenvalue weighted by atomic mass is 10.3. The molecule has 0 unspecified atom stereocenters. The Hall–Kier alpha value is -1.71. The van der Waals surface area contributed by atoms with Crippen LogP contribution in [0.15, 0.2) is 23.1 Å². The van der Waals surface area contributed by atoms with E-state index in [1.165, 1.54) is 12.1 Å². The van der Waals surface area contributed by atoms with Crippen molar-refractivity contribution in [3.05, 3.63) is 28.3 Å². The number of hydrogen-bond acceptors (Lipinski definition) is 6. The van der Waals surface area contributed by atoms with Gasteiger partial charge in [-0.1, -0.05) is 0 Å². The molecule has 0 aromatic heterocycles. The van der Waals surface area contributed by atoms with Gasteiger partial charge in [0.2, 0.25) is 10.0 Å². The van der Waals surface area contributed by atoms with Gasteiger partial charge in [-0.05, 0) is 32.0 Å². The number of hydrogen-bond donors (Lipinski definition) is 2. The van der Waals surface area contributed by atoms with E-state index in [9.17, 15) is 18.5 Å². The van der Waals surface area contributed by atoms with Gasteiger partial charge in [-0.2, -0.15) is 0 Å². The first-order valence-corrected chi connectivity index (χ1v) is 8.14. The summed E-state index contributed by atoms with van der Waals surface area (Å²) in [5.41, 5.74) is 5.31. The van der Waals surface area contributed by atoms with E-state index >= 15 is 0 Å². The average Bonchev–Trinajstić information content (AvgIpc) is 2.91. The monoisotopic (exact) mass is 314 g/mol. The molecule has 0 atom stereocenters. The van der Waals surface area contributed by atoms with Crippen LogP contribution in [0, 0.1) is 10.1 Å². The van der Waals surface area contributed by atoms with Gasteiger partial charge >= 0.3 is 0 Å². The zero-order chi connectivity index (χ0) is 15.5. The molecule has 1 fully saturated rings. The number of benzene rings is 1. The molecule has 0 saturated carbocycles. The number of nitrogen functional groups attached to an aromatic ring is 1. The summed E-state index contributed by atoms with van der Waals surface area (Å²) in [7, 11) is -3.84. The van der Waals surface area contributed by atoms with E-state index in [0.717, 1.165) is 32.0 Å². The fourth-order valence-electron chi connectivity index (χ4n) is 2.29. The summed E-state index contributed by atoms with van der Waals surface area (Å²) in [4.78, 5) is 12.0. The van der Waals surface area contributed by atoms with Crippen LogP contribution in [0.5, 0.6) is 0 Å². The van der Waals surface area contributed by atoms with Gasteiger partial charge in [0.05, 0.1) is 10.6 Å². The lowest BCUT2D eigenvalue weighted by molar-refractivity contribution is -0.385. The van der Waals surface area contributed by atoms with Gasteiger partial charge in [0.25, 0.3) is 5.69 Å². The third kappa shape index (κ3) is 3.90. The van der Waals surface area contributed by atoms with Crippen molar-refractivity contribution < 1.29 is 13.3 Å². The summed E-state index contributed by atoms with van der Waals surface area (Å²) in [6.07, 6.45) is 2.26. The van der Waals surface area contributed by atoms with Gasteiger partial charge in [0.15, 0.2) is 0 Å². The van der Waals surface area contributed by atoms with Crippen molar-refractivity contribution >= 4 is 21.4 Å². The lowest BCUT2D eigenvalue weighted by Crippen LogP contribution is -2.33. The summed E-state index contributed by atoms with van der Waals surface area (Å²) in [5, 5.41) is 10.7. The predicted octanol–water partition coefficient (Wildman–Crippen LogP) is 0.551. The molecule has 9 heteroatoms. The van der Waals surface area contributed by atoms with Crippen molar-refractivity contribution in [3.8, 4) is 0 Å². The quantitative estimate of drug-likeness (QED) is 0.450. The molecule has 1 saturated heterocycles. The third-order valence-electron chi connectivity index (χ3n) is 3.42. The van der Waals surface area contributed by atoms with E-state index in [4.69, 9.17) is 5.73 Å². The van der Waals surface area contributed by atoms with Crippen molar-refractivity contribution in [2.24, 2.45) is 0 Å². The minimum atomic E-state index is -3.84. The molecule has 8 nitrogen and oxygen atoms in total. The topological polar surface area (TPSA) is 119 Å². The maximum Gasteiger partial charge on any atom is 0.270 e. The van der Waals surface area contributed by atoms with Crippen LogP contribution in [0.25, 0.3) is 0 Å². The van der Waals surface area contributed by atoms with E-state index in [2.05, 4.69) is 9.62 Å². The van der Waals surface area contributed by atoms with Crippen LogP contribution in [0.2, 0.25) is 0 Å². The van der Waals surface area contributed by atoms with Gasteiger partial charge in [0.1, 0.15) is 4.90 Å². The van der Waals surface area contributed by atoms with Gasteiger partial charge < -0.3 is 10.6 Å². The maximum absolute atomic E-state index is 12.2. The molecule has 0 spiro atoms. The molecule has 0 aliphatic carbocycles. The van der Waals surface area contributed by atoms with E-state index in [1.54, 1.807) is 0 Å². The lowest BCUT2D eigenvalue weighted by Gasteiger charge is -2.15. The van der Waals surface area contributed by atoms with Crippen LogP contribution >= 0.6 is 0 Å². The molecule has 0 amide bonds. The molecule has 0 radical (unpaired) electrons. The fraction of sp³-hybridized carbons (Fsp3) is 0.500. The summed E-state index contributed by atoms with van der Waals surface area (Å²) in [6, 6.07) is 3.39. The van der Waals surface area contributed by atoms with Crippen LogP contribution < -0.4 is 10.5 Å². The van der Waals surface area contributed by atoms with Crippen molar-refractivity contribution in [3.63, 3.8) is 0 Å². The van der Waals surface area contributed by atoms with E-state index in [0.29, 0.717) is 6.54 Å². The summed E-state index contributed by atoms with van der Waals surface area (Å²) in [6.45, 7) is 2.82. The molecule has 1 heterocycles. The number of nitro groups is 1. The summed E-state index contributed by atoms with van der Waals surface area (Å²) >= 11 is 0. The van der Waals surface area contributed by atoms with Crippen LogP contribution in [-0.2, 0) is 10.0 Å². The minimum absolute atomic E-state index is 0.00530. The predicted molar refractivity (Wildman–Crippen MR) is 78.4 cm³/mol. The largest absolute Gasteiger partial charge is 0.398 e. The van der Waals surface area contributed by atoms with Gasteiger partial charge in [-0.3, -0.25) is 10.1 Å². The normalized spacial score (nSPS) is 16.2.